The van der Waals surface area contributed by atoms with Gasteiger partial charge in [0.1, 0.15) is 11.6 Å². The van der Waals surface area contributed by atoms with Crippen molar-refractivity contribution < 1.29 is 13.9 Å². The molecule has 0 spiro atoms. The lowest BCUT2D eigenvalue weighted by atomic mass is 10.0. The molecule has 3 N–H and O–H groups in total. The quantitative estimate of drug-likeness (QED) is 0.281. The van der Waals surface area contributed by atoms with Crippen LogP contribution in [0.5, 0.6) is 0 Å². The Labute approximate surface area is 229 Å². The van der Waals surface area contributed by atoms with Crippen LogP contribution >= 0.6 is 11.6 Å². The Morgan fingerprint density at radius 3 is 2.50 bits per heavy atom. The van der Waals surface area contributed by atoms with Crippen LogP contribution in [0.3, 0.4) is 0 Å². The molecule has 0 aliphatic heterocycles. The van der Waals surface area contributed by atoms with Crippen molar-refractivity contribution in [2.45, 2.75) is 34.2 Å². The summed E-state index contributed by atoms with van der Waals surface area (Å²) < 4.78 is 21.7. The molecule has 0 saturated carbocycles. The molecule has 3 aromatic rings. The Morgan fingerprint density at radius 2 is 1.89 bits per heavy atom. The van der Waals surface area contributed by atoms with Crippen molar-refractivity contribution in [3.63, 3.8) is 0 Å². The number of ether oxygens (including phenoxy) is 1. The molecule has 9 heteroatoms. The van der Waals surface area contributed by atoms with Gasteiger partial charge in [0.15, 0.2) is 0 Å². The summed E-state index contributed by atoms with van der Waals surface area (Å²) in [5.74, 6) is -1.01. The van der Waals surface area contributed by atoms with E-state index in [0.717, 1.165) is 11.1 Å². The monoisotopic (exact) mass is 541 g/mol. The molecule has 0 bridgehead atoms. The van der Waals surface area contributed by atoms with E-state index in [0.29, 0.717) is 34.9 Å². The van der Waals surface area contributed by atoms with Gasteiger partial charge in [-0.2, -0.15) is 5.10 Å². The Hall–Kier alpha value is -3.75. The topological polar surface area (TPSA) is 95.1 Å². The Bertz CT molecular complexity index is 1250. The number of hydrogen-bond donors (Lipinski definition) is 2. The Kier molecular flexibility index (Phi) is 14.3. The number of amides is 1. The van der Waals surface area contributed by atoms with E-state index in [-0.39, 0.29) is 17.9 Å². The highest BCUT2D eigenvalue weighted by molar-refractivity contribution is 6.30. The van der Waals surface area contributed by atoms with Crippen LogP contribution < -0.4 is 11.1 Å². The third-order valence-corrected chi connectivity index (χ3v) is 5.10. The van der Waals surface area contributed by atoms with Crippen molar-refractivity contribution in [3.8, 4) is 22.3 Å². The lowest BCUT2D eigenvalue weighted by Crippen LogP contribution is -2.26. The molecule has 0 fully saturated rings. The second-order valence-electron chi connectivity index (χ2n) is 7.39. The maximum Gasteiger partial charge on any atom is 0.254 e. The fourth-order valence-corrected chi connectivity index (χ4v) is 3.35. The van der Waals surface area contributed by atoms with Gasteiger partial charge in [-0.15, -0.1) is 0 Å². The number of anilines is 1. The molecule has 3 rings (SSSR count). The number of nitrogen functional groups attached to an aromatic ring is 1. The average Bonchev–Trinajstić information content (AvgIpc) is 3.41. The van der Waals surface area contributed by atoms with E-state index >= 15 is 0 Å². The van der Waals surface area contributed by atoms with Gasteiger partial charge in [-0.3, -0.25) is 9.48 Å². The molecule has 2 aromatic heterocycles. The van der Waals surface area contributed by atoms with Gasteiger partial charge >= 0.3 is 0 Å². The fourth-order valence-electron chi connectivity index (χ4n) is 3.21. The van der Waals surface area contributed by atoms with Crippen molar-refractivity contribution in [2.24, 2.45) is 0 Å². The van der Waals surface area contributed by atoms with Crippen molar-refractivity contribution in [1.29, 1.82) is 0 Å². The van der Waals surface area contributed by atoms with Crippen LogP contribution in [0.25, 0.3) is 22.3 Å². The van der Waals surface area contributed by atoms with Crippen LogP contribution in [0, 0.1) is 5.82 Å². The van der Waals surface area contributed by atoms with Crippen molar-refractivity contribution in [3.05, 3.63) is 90.2 Å². The first-order valence-electron chi connectivity index (χ1n) is 12.3. The standard InChI is InChI=1S/C25H25ClFN5O2.2C2H6/c1-4-17(9-16(2)26)12-30-25(33)21-6-5-18(11-23(21)27)22-10-19(13-29-24(22)28)20-14-31-32(15-20)7-8-34-3;2*1-2/h4-6,9-11,13-15H,1-2,7-8,12H2,3H3,(H2,28,29)(H,30,33);2*1-2H3/b17-9+;;. The van der Waals surface area contributed by atoms with Gasteiger partial charge in [0, 0.05) is 47.8 Å². The van der Waals surface area contributed by atoms with Crippen LogP contribution in [-0.2, 0) is 11.3 Å². The number of benzene rings is 1. The summed E-state index contributed by atoms with van der Waals surface area (Å²) in [5.41, 5.74) is 9.28. The minimum absolute atomic E-state index is 0.0982. The van der Waals surface area contributed by atoms with E-state index in [9.17, 15) is 9.18 Å². The van der Waals surface area contributed by atoms with Crippen LogP contribution in [0.1, 0.15) is 38.1 Å². The van der Waals surface area contributed by atoms with E-state index < -0.39 is 11.7 Å². The number of allylic oxidation sites excluding steroid dienone is 2. The van der Waals surface area contributed by atoms with E-state index in [4.69, 9.17) is 22.1 Å². The second kappa shape index (κ2) is 16.9. The molecule has 2 heterocycles. The molecule has 0 unspecified atom stereocenters. The molecule has 1 aromatic carbocycles. The number of pyridine rings is 1. The van der Waals surface area contributed by atoms with Gasteiger partial charge in [0.05, 0.1) is 24.9 Å². The first kappa shape index (κ1) is 32.3. The summed E-state index contributed by atoms with van der Waals surface area (Å²) >= 11 is 5.75. The highest BCUT2D eigenvalue weighted by Gasteiger charge is 2.15. The third kappa shape index (κ3) is 9.28. The van der Waals surface area contributed by atoms with E-state index in [1.807, 2.05) is 40.0 Å². The molecule has 0 aliphatic carbocycles. The summed E-state index contributed by atoms with van der Waals surface area (Å²) in [6, 6.07) is 6.11. The highest BCUT2D eigenvalue weighted by atomic mass is 35.5. The third-order valence-electron chi connectivity index (χ3n) is 4.99. The number of nitrogens with one attached hydrogen (secondary N) is 1. The lowest BCUT2D eigenvalue weighted by molar-refractivity contribution is 0.0953. The molecular weight excluding hydrogens is 505 g/mol. The van der Waals surface area contributed by atoms with Gasteiger partial charge < -0.3 is 15.8 Å². The summed E-state index contributed by atoms with van der Waals surface area (Å²) in [7, 11) is 1.63. The predicted molar refractivity (Wildman–Crippen MR) is 155 cm³/mol. The summed E-state index contributed by atoms with van der Waals surface area (Å²) in [6.07, 6.45) is 8.33. The molecule has 7 nitrogen and oxygen atoms in total. The van der Waals surface area contributed by atoms with Crippen LogP contribution in [0.15, 0.2) is 78.8 Å². The first-order valence-corrected chi connectivity index (χ1v) is 12.7. The Morgan fingerprint density at radius 1 is 1.18 bits per heavy atom. The summed E-state index contributed by atoms with van der Waals surface area (Å²) in [6.45, 7) is 16.5. The number of nitrogens with two attached hydrogens (primary N) is 1. The van der Waals surface area contributed by atoms with Gasteiger partial charge in [0.2, 0.25) is 0 Å². The van der Waals surface area contributed by atoms with Crippen LogP contribution in [0.2, 0.25) is 0 Å². The highest BCUT2D eigenvalue weighted by Crippen LogP contribution is 2.30. The van der Waals surface area contributed by atoms with Crippen molar-refractivity contribution >= 4 is 23.3 Å². The maximum atomic E-state index is 14.9. The van der Waals surface area contributed by atoms with Gasteiger partial charge in [-0.25, -0.2) is 9.37 Å². The zero-order chi connectivity index (χ0) is 28.7. The number of carbonyl (C=O) groups is 1. The van der Waals surface area contributed by atoms with Gasteiger partial charge in [0.25, 0.3) is 5.91 Å². The molecule has 0 aliphatic rings. The number of aromatic nitrogens is 3. The molecule has 38 heavy (non-hydrogen) atoms. The minimum atomic E-state index is -0.682. The van der Waals surface area contributed by atoms with Crippen molar-refractivity contribution in [1.82, 2.24) is 20.1 Å². The molecule has 1 amide bonds. The summed E-state index contributed by atoms with van der Waals surface area (Å²) in [5, 5.41) is 7.24. The molecule has 0 atom stereocenters. The fraction of sp³-hybridized carbons (Fsp3) is 0.276. The van der Waals surface area contributed by atoms with E-state index in [1.165, 1.54) is 18.2 Å². The van der Waals surface area contributed by atoms with Crippen LogP contribution in [0.4, 0.5) is 10.2 Å². The zero-order valence-electron chi connectivity index (χ0n) is 22.7. The lowest BCUT2D eigenvalue weighted by Gasteiger charge is -2.10. The summed E-state index contributed by atoms with van der Waals surface area (Å²) in [4.78, 5) is 16.7. The molecule has 0 saturated heterocycles. The normalized spacial score (nSPS) is 10.4. The predicted octanol–water partition coefficient (Wildman–Crippen LogP) is 6.63. The minimum Gasteiger partial charge on any atom is -0.383 e. The van der Waals surface area contributed by atoms with E-state index in [2.05, 4.69) is 28.6 Å². The maximum absolute atomic E-state index is 14.9. The number of carbonyl (C=O) groups excluding carboxylic acids is 1. The molecular formula is C29H37ClFN5O2. The molecule has 204 valence electrons. The van der Waals surface area contributed by atoms with Gasteiger partial charge in [-0.05, 0) is 35.4 Å². The smallest absolute Gasteiger partial charge is 0.254 e. The Balaban J connectivity index is 0.00000172. The number of halogens is 2. The van der Waals surface area contributed by atoms with E-state index in [1.54, 1.807) is 36.3 Å². The van der Waals surface area contributed by atoms with Crippen LogP contribution in [-0.4, -0.2) is 40.9 Å². The SMILES string of the molecule is C=C/C(=C\C(=C)Cl)CNC(=O)c1ccc(-c2cc(-c3cnn(CCOC)c3)cnc2N)cc1F.CC.CC. The van der Waals surface area contributed by atoms with Gasteiger partial charge in [-0.1, -0.05) is 64.6 Å². The average molecular weight is 542 g/mol. The number of nitrogens with zero attached hydrogens (tertiary/aromatic N) is 3. The first-order chi connectivity index (χ1) is 18.3. The second-order valence-corrected chi connectivity index (χ2v) is 7.87. The number of methoxy groups -OCH3 is 1. The number of hydrogen-bond acceptors (Lipinski definition) is 5. The largest absolute Gasteiger partial charge is 0.383 e. The zero-order valence-corrected chi connectivity index (χ0v) is 23.5. The van der Waals surface area contributed by atoms with Crippen molar-refractivity contribution in [2.75, 3.05) is 26.0 Å². The molecule has 0 radical (unpaired) electrons. The number of rotatable bonds is 10.